The van der Waals surface area contributed by atoms with Gasteiger partial charge in [0.05, 0.1) is 18.4 Å². The van der Waals surface area contributed by atoms with Crippen molar-refractivity contribution >= 4 is 17.3 Å². The van der Waals surface area contributed by atoms with Crippen LogP contribution in [-0.2, 0) is 4.74 Å². The van der Waals surface area contributed by atoms with Gasteiger partial charge in [0, 0.05) is 31.9 Å². The summed E-state index contributed by atoms with van der Waals surface area (Å²) in [6.45, 7) is 3.61. The molecule has 0 amide bonds. The van der Waals surface area contributed by atoms with E-state index in [1.807, 2.05) is 12.1 Å². The summed E-state index contributed by atoms with van der Waals surface area (Å²) >= 11 is 0. The second kappa shape index (κ2) is 5.05. The van der Waals surface area contributed by atoms with Gasteiger partial charge in [-0.15, -0.1) is 0 Å². The Morgan fingerprint density at radius 3 is 2.76 bits per heavy atom. The number of hydrogen-bond donors (Lipinski definition) is 2. The van der Waals surface area contributed by atoms with E-state index in [0.717, 1.165) is 31.9 Å². The standard InChI is InChI=1S/C12H17N3O2/c1-17-12(16)10-8-9(13)2-3-11(10)15-6-4-14-5-7-15/h2-3,8,14H,4-7,13H2,1H3. The number of benzene rings is 1. The molecule has 0 aliphatic carbocycles. The molecule has 0 bridgehead atoms. The normalized spacial score (nSPS) is 15.7. The van der Waals surface area contributed by atoms with Gasteiger partial charge in [0.15, 0.2) is 0 Å². The van der Waals surface area contributed by atoms with Crippen LogP contribution in [0.25, 0.3) is 0 Å². The van der Waals surface area contributed by atoms with Gasteiger partial charge in [-0.2, -0.15) is 0 Å². The first-order chi connectivity index (χ1) is 8.22. The van der Waals surface area contributed by atoms with Gasteiger partial charge in [0.1, 0.15) is 0 Å². The van der Waals surface area contributed by atoms with Crippen molar-refractivity contribution in [1.82, 2.24) is 5.32 Å². The van der Waals surface area contributed by atoms with Crippen molar-refractivity contribution in [3.63, 3.8) is 0 Å². The minimum atomic E-state index is -0.342. The maximum Gasteiger partial charge on any atom is 0.340 e. The first kappa shape index (κ1) is 11.7. The number of piperazine rings is 1. The van der Waals surface area contributed by atoms with Crippen LogP contribution in [0, 0.1) is 0 Å². The van der Waals surface area contributed by atoms with E-state index in [0.29, 0.717) is 11.3 Å². The Kier molecular flexibility index (Phi) is 3.49. The smallest absolute Gasteiger partial charge is 0.340 e. The van der Waals surface area contributed by atoms with E-state index in [1.165, 1.54) is 7.11 Å². The average Bonchev–Trinajstić information content (AvgIpc) is 2.38. The third-order valence-electron chi connectivity index (χ3n) is 2.88. The molecule has 3 N–H and O–H groups in total. The number of carbonyl (C=O) groups is 1. The Morgan fingerprint density at radius 2 is 2.12 bits per heavy atom. The number of nitrogens with one attached hydrogen (secondary N) is 1. The Morgan fingerprint density at radius 1 is 1.41 bits per heavy atom. The molecular formula is C12H17N3O2. The lowest BCUT2D eigenvalue weighted by Gasteiger charge is -2.30. The molecule has 1 aliphatic heterocycles. The lowest BCUT2D eigenvalue weighted by atomic mass is 10.1. The quantitative estimate of drug-likeness (QED) is 0.576. The van der Waals surface area contributed by atoms with Gasteiger partial charge < -0.3 is 20.7 Å². The number of nitrogen functional groups attached to an aromatic ring is 1. The zero-order valence-electron chi connectivity index (χ0n) is 9.90. The number of nitrogens with two attached hydrogens (primary N) is 1. The molecular weight excluding hydrogens is 218 g/mol. The van der Waals surface area contributed by atoms with Gasteiger partial charge in [-0.05, 0) is 18.2 Å². The van der Waals surface area contributed by atoms with Crippen LogP contribution in [0.2, 0.25) is 0 Å². The van der Waals surface area contributed by atoms with E-state index in [9.17, 15) is 4.79 Å². The highest BCUT2D eigenvalue weighted by Crippen LogP contribution is 2.24. The van der Waals surface area contributed by atoms with Crippen molar-refractivity contribution in [3.8, 4) is 0 Å². The molecule has 5 heteroatoms. The molecule has 0 aromatic heterocycles. The van der Waals surface area contributed by atoms with Crippen molar-refractivity contribution in [2.24, 2.45) is 0 Å². The summed E-state index contributed by atoms with van der Waals surface area (Å²) < 4.78 is 4.79. The maximum absolute atomic E-state index is 11.7. The molecule has 2 rings (SSSR count). The number of rotatable bonds is 2. The number of esters is 1. The fourth-order valence-electron chi connectivity index (χ4n) is 2.01. The Bertz CT molecular complexity index is 414. The fourth-order valence-corrected chi connectivity index (χ4v) is 2.01. The molecule has 0 spiro atoms. The molecule has 1 aromatic carbocycles. The van der Waals surface area contributed by atoms with Crippen LogP contribution in [0.1, 0.15) is 10.4 Å². The third-order valence-corrected chi connectivity index (χ3v) is 2.88. The lowest BCUT2D eigenvalue weighted by molar-refractivity contribution is 0.0601. The molecule has 1 fully saturated rings. The third kappa shape index (κ3) is 2.50. The predicted molar refractivity (Wildman–Crippen MR) is 67.3 cm³/mol. The Balaban J connectivity index is 2.34. The van der Waals surface area contributed by atoms with Gasteiger partial charge in [0.25, 0.3) is 0 Å². The van der Waals surface area contributed by atoms with Crippen LogP contribution in [0.4, 0.5) is 11.4 Å². The average molecular weight is 235 g/mol. The van der Waals surface area contributed by atoms with E-state index in [1.54, 1.807) is 6.07 Å². The molecule has 17 heavy (non-hydrogen) atoms. The summed E-state index contributed by atoms with van der Waals surface area (Å²) in [4.78, 5) is 13.9. The largest absolute Gasteiger partial charge is 0.465 e. The van der Waals surface area contributed by atoms with Gasteiger partial charge in [-0.25, -0.2) is 4.79 Å². The molecule has 1 saturated heterocycles. The fraction of sp³-hybridized carbons (Fsp3) is 0.417. The van der Waals surface area contributed by atoms with Crippen LogP contribution in [0.3, 0.4) is 0 Å². The molecule has 0 unspecified atom stereocenters. The van der Waals surface area contributed by atoms with Crippen molar-refractivity contribution in [2.75, 3.05) is 43.9 Å². The number of ether oxygens (including phenoxy) is 1. The zero-order valence-corrected chi connectivity index (χ0v) is 9.90. The SMILES string of the molecule is COC(=O)c1cc(N)ccc1N1CCNCC1. The second-order valence-electron chi connectivity index (χ2n) is 4.01. The van der Waals surface area contributed by atoms with Crippen LogP contribution in [-0.4, -0.2) is 39.3 Å². The van der Waals surface area contributed by atoms with Crippen LogP contribution in [0.15, 0.2) is 18.2 Å². The minimum Gasteiger partial charge on any atom is -0.465 e. The van der Waals surface area contributed by atoms with E-state index < -0.39 is 0 Å². The summed E-state index contributed by atoms with van der Waals surface area (Å²) in [5.74, 6) is -0.342. The van der Waals surface area contributed by atoms with Crippen molar-refractivity contribution in [2.45, 2.75) is 0 Å². The predicted octanol–water partition coefficient (Wildman–Crippen LogP) is 0.465. The van der Waals surface area contributed by atoms with Crippen LogP contribution in [0.5, 0.6) is 0 Å². The number of anilines is 2. The first-order valence-corrected chi connectivity index (χ1v) is 5.66. The number of hydrogen-bond acceptors (Lipinski definition) is 5. The van der Waals surface area contributed by atoms with Gasteiger partial charge in [0.2, 0.25) is 0 Å². The van der Waals surface area contributed by atoms with Crippen molar-refractivity contribution in [1.29, 1.82) is 0 Å². The molecule has 0 radical (unpaired) electrons. The minimum absolute atomic E-state index is 0.342. The summed E-state index contributed by atoms with van der Waals surface area (Å²) in [5.41, 5.74) is 7.72. The van der Waals surface area contributed by atoms with Gasteiger partial charge >= 0.3 is 5.97 Å². The zero-order chi connectivity index (χ0) is 12.3. The molecule has 0 atom stereocenters. The molecule has 0 saturated carbocycles. The number of carbonyl (C=O) groups excluding carboxylic acids is 1. The number of methoxy groups -OCH3 is 1. The maximum atomic E-state index is 11.7. The monoisotopic (exact) mass is 235 g/mol. The van der Waals surface area contributed by atoms with Crippen molar-refractivity contribution in [3.05, 3.63) is 23.8 Å². The van der Waals surface area contributed by atoms with Gasteiger partial charge in [-0.1, -0.05) is 0 Å². The highest BCUT2D eigenvalue weighted by atomic mass is 16.5. The number of nitrogens with zero attached hydrogens (tertiary/aromatic N) is 1. The van der Waals surface area contributed by atoms with Crippen LogP contribution >= 0.6 is 0 Å². The molecule has 1 aromatic rings. The molecule has 5 nitrogen and oxygen atoms in total. The Hall–Kier alpha value is -1.75. The summed E-state index contributed by atoms with van der Waals surface area (Å²) in [5, 5.41) is 3.28. The topological polar surface area (TPSA) is 67.6 Å². The van der Waals surface area contributed by atoms with E-state index in [4.69, 9.17) is 10.5 Å². The van der Waals surface area contributed by atoms with Crippen LogP contribution < -0.4 is 16.0 Å². The highest BCUT2D eigenvalue weighted by Gasteiger charge is 2.18. The van der Waals surface area contributed by atoms with Crippen molar-refractivity contribution < 1.29 is 9.53 Å². The Labute approximate surface area is 101 Å². The molecule has 92 valence electrons. The van der Waals surface area contributed by atoms with Gasteiger partial charge in [-0.3, -0.25) is 0 Å². The molecule has 1 heterocycles. The summed E-state index contributed by atoms with van der Waals surface area (Å²) in [7, 11) is 1.38. The highest BCUT2D eigenvalue weighted by molar-refractivity contribution is 5.97. The second-order valence-corrected chi connectivity index (χ2v) is 4.01. The molecule has 1 aliphatic rings. The lowest BCUT2D eigenvalue weighted by Crippen LogP contribution is -2.44. The summed E-state index contributed by atoms with van der Waals surface area (Å²) in [6, 6.07) is 5.36. The summed E-state index contributed by atoms with van der Waals surface area (Å²) in [6.07, 6.45) is 0. The van der Waals surface area contributed by atoms with E-state index in [-0.39, 0.29) is 5.97 Å². The first-order valence-electron chi connectivity index (χ1n) is 5.66. The van der Waals surface area contributed by atoms with E-state index >= 15 is 0 Å². The van der Waals surface area contributed by atoms with E-state index in [2.05, 4.69) is 10.2 Å².